The molecule has 2 aliphatic heterocycles. The summed E-state index contributed by atoms with van der Waals surface area (Å²) in [7, 11) is 0. The predicted molar refractivity (Wildman–Crippen MR) is 86.1 cm³/mol. The Bertz CT molecular complexity index is 664. The third kappa shape index (κ3) is 2.63. The van der Waals surface area contributed by atoms with Crippen LogP contribution in [-0.4, -0.2) is 50.1 Å². The smallest absolute Gasteiger partial charge is 0.327 e. The van der Waals surface area contributed by atoms with E-state index in [2.05, 4.69) is 10.6 Å². The quantitative estimate of drug-likeness (QED) is 0.724. The number of carboxylic acids is 1. The summed E-state index contributed by atoms with van der Waals surface area (Å²) in [6.07, 6.45) is 0. The first kappa shape index (κ1) is 15.7. The van der Waals surface area contributed by atoms with Gasteiger partial charge in [-0.25, -0.2) is 9.59 Å². The van der Waals surface area contributed by atoms with Crippen molar-refractivity contribution in [2.24, 2.45) is 0 Å². The van der Waals surface area contributed by atoms with Crippen LogP contribution in [0.4, 0.5) is 10.5 Å². The SMILES string of the molecule is CC1(C)SC2C(NC(=O)Nc3ccccc3)C(=O)N2[C@H]1C(=O)O. The van der Waals surface area contributed by atoms with Crippen molar-refractivity contribution in [3.63, 3.8) is 0 Å². The minimum atomic E-state index is -1.02. The number of anilines is 1. The molecule has 0 spiro atoms. The van der Waals surface area contributed by atoms with E-state index in [1.807, 2.05) is 6.07 Å². The molecular formula is C15H17N3O4S. The van der Waals surface area contributed by atoms with Gasteiger partial charge in [0.15, 0.2) is 0 Å². The Morgan fingerprint density at radius 3 is 2.52 bits per heavy atom. The van der Waals surface area contributed by atoms with Crippen LogP contribution in [0.1, 0.15) is 13.8 Å². The molecule has 0 bridgehead atoms. The van der Waals surface area contributed by atoms with Gasteiger partial charge in [-0.15, -0.1) is 11.8 Å². The normalized spacial score (nSPS) is 27.8. The van der Waals surface area contributed by atoms with Gasteiger partial charge in [-0.1, -0.05) is 18.2 Å². The lowest BCUT2D eigenvalue weighted by molar-refractivity contribution is -0.159. The van der Waals surface area contributed by atoms with Gasteiger partial charge in [-0.05, 0) is 26.0 Å². The van der Waals surface area contributed by atoms with Crippen LogP contribution in [0.2, 0.25) is 0 Å². The number of carbonyl (C=O) groups is 3. The highest BCUT2D eigenvalue weighted by atomic mass is 32.2. The lowest BCUT2D eigenvalue weighted by Crippen LogP contribution is -2.70. The summed E-state index contributed by atoms with van der Waals surface area (Å²) in [5.74, 6) is -1.38. The fraction of sp³-hybridized carbons (Fsp3) is 0.400. The summed E-state index contributed by atoms with van der Waals surface area (Å²) < 4.78 is -0.599. The highest BCUT2D eigenvalue weighted by Gasteiger charge is 2.64. The molecule has 3 rings (SSSR count). The van der Waals surface area contributed by atoms with Gasteiger partial charge in [0.25, 0.3) is 0 Å². The minimum Gasteiger partial charge on any atom is -0.480 e. The number of β-lactam (4-membered cyclic amide) rings is 1. The summed E-state index contributed by atoms with van der Waals surface area (Å²) in [5.41, 5.74) is 0.622. The molecule has 7 nitrogen and oxygen atoms in total. The van der Waals surface area contributed by atoms with Crippen molar-refractivity contribution in [1.29, 1.82) is 0 Å². The van der Waals surface area contributed by atoms with E-state index in [1.165, 1.54) is 16.7 Å². The van der Waals surface area contributed by atoms with Crippen LogP contribution in [0, 0.1) is 0 Å². The van der Waals surface area contributed by atoms with Gasteiger partial charge in [-0.2, -0.15) is 0 Å². The van der Waals surface area contributed by atoms with E-state index in [9.17, 15) is 19.5 Å². The molecule has 2 fully saturated rings. The van der Waals surface area contributed by atoms with Crippen molar-refractivity contribution in [2.45, 2.75) is 36.1 Å². The van der Waals surface area contributed by atoms with Gasteiger partial charge < -0.3 is 20.6 Å². The Labute approximate surface area is 137 Å². The number of fused-ring (bicyclic) bond motifs is 1. The molecule has 2 heterocycles. The highest BCUT2D eigenvalue weighted by molar-refractivity contribution is 8.01. The highest BCUT2D eigenvalue weighted by Crippen LogP contribution is 2.50. The lowest BCUT2D eigenvalue weighted by Gasteiger charge is -2.43. The molecule has 2 saturated heterocycles. The molecule has 2 unspecified atom stereocenters. The molecule has 3 atom stereocenters. The maximum absolute atomic E-state index is 12.2. The first-order valence-corrected chi connectivity index (χ1v) is 8.04. The van der Waals surface area contributed by atoms with Crippen molar-refractivity contribution >= 4 is 35.4 Å². The number of carboxylic acid groups (broad SMARTS) is 1. The van der Waals surface area contributed by atoms with Crippen LogP contribution >= 0.6 is 11.8 Å². The molecule has 23 heavy (non-hydrogen) atoms. The van der Waals surface area contributed by atoms with Crippen molar-refractivity contribution in [1.82, 2.24) is 10.2 Å². The summed E-state index contributed by atoms with van der Waals surface area (Å²) in [5, 5.41) is 14.3. The Hall–Kier alpha value is -2.22. The van der Waals surface area contributed by atoms with Crippen LogP contribution in [0.15, 0.2) is 30.3 Å². The number of para-hydroxylation sites is 1. The van der Waals surface area contributed by atoms with Crippen LogP contribution in [-0.2, 0) is 9.59 Å². The topological polar surface area (TPSA) is 98.7 Å². The molecule has 0 saturated carbocycles. The summed E-state index contributed by atoms with van der Waals surface area (Å²) in [4.78, 5) is 37.0. The number of hydrogen-bond acceptors (Lipinski definition) is 4. The summed E-state index contributed by atoms with van der Waals surface area (Å²) in [6.45, 7) is 3.59. The standard InChI is InChI=1S/C15H17N3O4S/c1-15(2)10(13(20)21)18-11(19)9(12(18)23-15)17-14(22)16-8-6-4-3-5-7-8/h3-7,9-10,12H,1-2H3,(H,20,21)(H2,16,17,22)/t9?,10-,12?/m0/s1. The molecule has 3 amide bonds. The average Bonchev–Trinajstić information content (AvgIpc) is 2.74. The zero-order chi connectivity index (χ0) is 16.8. The van der Waals surface area contributed by atoms with Gasteiger partial charge in [-0.3, -0.25) is 4.79 Å². The number of amides is 3. The third-order valence-electron chi connectivity index (χ3n) is 3.99. The van der Waals surface area contributed by atoms with Crippen LogP contribution in [0.25, 0.3) is 0 Å². The van der Waals surface area contributed by atoms with Gasteiger partial charge in [0.05, 0.1) is 0 Å². The van der Waals surface area contributed by atoms with E-state index >= 15 is 0 Å². The van der Waals surface area contributed by atoms with E-state index in [0.29, 0.717) is 5.69 Å². The van der Waals surface area contributed by atoms with E-state index in [4.69, 9.17) is 0 Å². The number of rotatable bonds is 3. The summed E-state index contributed by atoms with van der Waals surface area (Å²) in [6, 6.07) is 6.83. The molecule has 2 aliphatic rings. The maximum Gasteiger partial charge on any atom is 0.327 e. The number of urea groups is 1. The number of aliphatic carboxylic acids is 1. The second-order valence-corrected chi connectivity index (χ2v) is 7.81. The van der Waals surface area contributed by atoms with Crippen molar-refractivity contribution < 1.29 is 19.5 Å². The molecule has 3 N–H and O–H groups in total. The Morgan fingerprint density at radius 1 is 1.26 bits per heavy atom. The molecule has 0 radical (unpaired) electrons. The van der Waals surface area contributed by atoms with Gasteiger partial charge in [0.1, 0.15) is 17.5 Å². The Kier molecular flexibility index (Phi) is 3.71. The fourth-order valence-electron chi connectivity index (χ4n) is 2.98. The van der Waals surface area contributed by atoms with Gasteiger partial charge >= 0.3 is 12.0 Å². The molecule has 0 aliphatic carbocycles. The molecule has 8 heteroatoms. The zero-order valence-electron chi connectivity index (χ0n) is 12.6. The number of carbonyl (C=O) groups excluding carboxylic acids is 2. The third-order valence-corrected chi connectivity index (χ3v) is 5.56. The van der Waals surface area contributed by atoms with Gasteiger partial charge in [0.2, 0.25) is 5.91 Å². The summed E-state index contributed by atoms with van der Waals surface area (Å²) >= 11 is 1.40. The number of thioether (sulfide) groups is 1. The fourth-order valence-corrected chi connectivity index (χ4v) is 4.60. The van der Waals surface area contributed by atoms with E-state index in [1.54, 1.807) is 38.1 Å². The predicted octanol–water partition coefficient (Wildman–Crippen LogP) is 1.32. The van der Waals surface area contributed by atoms with Crippen molar-refractivity contribution in [3.8, 4) is 0 Å². The maximum atomic E-state index is 12.2. The second-order valence-electron chi connectivity index (χ2n) is 6.04. The lowest BCUT2D eigenvalue weighted by atomic mass is 9.96. The van der Waals surface area contributed by atoms with Crippen LogP contribution in [0.5, 0.6) is 0 Å². The molecule has 1 aromatic carbocycles. The largest absolute Gasteiger partial charge is 0.480 e. The molecule has 122 valence electrons. The van der Waals surface area contributed by atoms with Crippen LogP contribution < -0.4 is 10.6 Å². The molecular weight excluding hydrogens is 318 g/mol. The van der Waals surface area contributed by atoms with Crippen molar-refractivity contribution in [2.75, 3.05) is 5.32 Å². The zero-order valence-corrected chi connectivity index (χ0v) is 13.5. The van der Waals surface area contributed by atoms with Crippen molar-refractivity contribution in [3.05, 3.63) is 30.3 Å². The first-order chi connectivity index (χ1) is 10.8. The Balaban J connectivity index is 1.66. The molecule has 0 aromatic heterocycles. The van der Waals surface area contributed by atoms with E-state index in [-0.39, 0.29) is 11.3 Å². The van der Waals surface area contributed by atoms with Gasteiger partial charge in [0, 0.05) is 10.4 Å². The number of benzene rings is 1. The van der Waals surface area contributed by atoms with E-state index < -0.39 is 28.8 Å². The number of nitrogens with zero attached hydrogens (tertiary/aromatic N) is 1. The minimum absolute atomic E-state index is 0.347. The average molecular weight is 335 g/mol. The number of nitrogens with one attached hydrogen (secondary N) is 2. The first-order valence-electron chi connectivity index (χ1n) is 7.16. The monoisotopic (exact) mass is 335 g/mol. The van der Waals surface area contributed by atoms with E-state index in [0.717, 1.165) is 0 Å². The Morgan fingerprint density at radius 2 is 1.91 bits per heavy atom. The van der Waals surface area contributed by atoms with Crippen LogP contribution in [0.3, 0.4) is 0 Å². The second kappa shape index (κ2) is 5.45. The number of hydrogen-bond donors (Lipinski definition) is 3. The molecule has 1 aromatic rings.